The van der Waals surface area contributed by atoms with Crippen molar-refractivity contribution >= 4 is 0 Å². The molecule has 1 atom stereocenters. The van der Waals surface area contributed by atoms with Crippen molar-refractivity contribution in [3.05, 3.63) is 0 Å². The molecule has 0 spiro atoms. The van der Waals surface area contributed by atoms with Gasteiger partial charge in [-0.25, -0.2) is 0 Å². The highest BCUT2D eigenvalue weighted by molar-refractivity contribution is 4.76. The number of hydrogen-bond acceptors (Lipinski definition) is 1. The molecule has 0 unspecified atom stereocenters. The molecule has 0 N–H and O–H groups in total. The summed E-state index contributed by atoms with van der Waals surface area (Å²) < 4.78 is 0. The van der Waals surface area contributed by atoms with Crippen molar-refractivity contribution in [1.29, 1.82) is 0 Å². The molecule has 0 aromatic heterocycles. The Morgan fingerprint density at radius 3 is 2.50 bits per heavy atom. The molecule has 1 nitrogen and oxygen atoms in total. The van der Waals surface area contributed by atoms with Crippen LogP contribution in [0.1, 0.15) is 27.2 Å². The first-order valence-corrected chi connectivity index (χ1v) is 4.46. The van der Waals surface area contributed by atoms with Crippen LogP contribution >= 0.6 is 0 Å². The zero-order valence-corrected chi connectivity index (χ0v) is 7.43. The smallest absolute Gasteiger partial charge is 0.00125 e. The van der Waals surface area contributed by atoms with E-state index in [2.05, 4.69) is 25.7 Å². The van der Waals surface area contributed by atoms with Gasteiger partial charge in [0.15, 0.2) is 0 Å². The molecule has 0 saturated carbocycles. The lowest BCUT2D eigenvalue weighted by Crippen LogP contribution is -2.21. The van der Waals surface area contributed by atoms with E-state index in [0.29, 0.717) is 0 Å². The highest BCUT2D eigenvalue weighted by atomic mass is 15.1. The van der Waals surface area contributed by atoms with E-state index in [1.165, 1.54) is 26.1 Å². The summed E-state index contributed by atoms with van der Waals surface area (Å²) >= 11 is 0. The highest BCUT2D eigenvalue weighted by Crippen LogP contribution is 2.22. The van der Waals surface area contributed by atoms with E-state index in [4.69, 9.17) is 0 Å². The first kappa shape index (κ1) is 8.06. The fourth-order valence-corrected chi connectivity index (χ4v) is 1.69. The Kier molecular flexibility index (Phi) is 2.72. The molecule has 60 valence electrons. The normalized spacial score (nSPS) is 28.2. The summed E-state index contributed by atoms with van der Waals surface area (Å²) in [6.07, 6.45) is 1.42. The fourth-order valence-electron chi connectivity index (χ4n) is 1.69. The van der Waals surface area contributed by atoms with E-state index < -0.39 is 0 Å². The molecular weight excluding hydrogens is 122 g/mol. The molecule has 0 aliphatic carbocycles. The third-order valence-corrected chi connectivity index (χ3v) is 2.70. The summed E-state index contributed by atoms with van der Waals surface area (Å²) in [5.41, 5.74) is 0. The van der Waals surface area contributed by atoms with E-state index in [0.717, 1.165) is 11.8 Å². The minimum Gasteiger partial charge on any atom is -0.303 e. The number of hydrogen-bond donors (Lipinski definition) is 0. The van der Waals surface area contributed by atoms with Crippen LogP contribution in [0.25, 0.3) is 0 Å². The van der Waals surface area contributed by atoms with Gasteiger partial charge in [-0.05, 0) is 31.3 Å². The van der Waals surface area contributed by atoms with E-state index in [1.54, 1.807) is 0 Å². The Morgan fingerprint density at radius 2 is 2.20 bits per heavy atom. The van der Waals surface area contributed by atoms with Crippen molar-refractivity contribution in [2.45, 2.75) is 27.2 Å². The van der Waals surface area contributed by atoms with Crippen LogP contribution in [-0.2, 0) is 0 Å². The fraction of sp³-hybridized carbons (Fsp3) is 1.00. The highest BCUT2D eigenvalue weighted by Gasteiger charge is 2.22. The number of nitrogens with zero attached hydrogens (tertiary/aromatic N) is 1. The Hall–Kier alpha value is -0.0400. The molecule has 1 fully saturated rings. The van der Waals surface area contributed by atoms with Crippen molar-refractivity contribution in [3.8, 4) is 0 Å². The molecule has 0 amide bonds. The summed E-state index contributed by atoms with van der Waals surface area (Å²) in [5.74, 6) is 1.86. The lowest BCUT2D eigenvalue weighted by Gasteiger charge is -2.15. The molecule has 1 aliphatic heterocycles. The molecule has 0 radical (unpaired) electrons. The van der Waals surface area contributed by atoms with Gasteiger partial charge in [-0.1, -0.05) is 20.8 Å². The Bertz CT molecular complexity index is 98.9. The third kappa shape index (κ3) is 1.72. The number of rotatable bonds is 2. The maximum atomic E-state index is 2.55. The van der Waals surface area contributed by atoms with Gasteiger partial charge in [-0.2, -0.15) is 0 Å². The molecule has 0 aromatic carbocycles. The lowest BCUT2D eigenvalue weighted by molar-refractivity contribution is 0.317. The standard InChI is InChI=1S/C9H19N/c1-4-10-6-5-9(7-10)8(2)3/h8-9H,4-7H2,1-3H3/t9-/m0/s1. The summed E-state index contributed by atoms with van der Waals surface area (Å²) in [6, 6.07) is 0. The molecule has 1 heteroatoms. The van der Waals surface area contributed by atoms with Gasteiger partial charge in [-0.3, -0.25) is 0 Å². The van der Waals surface area contributed by atoms with Crippen molar-refractivity contribution < 1.29 is 0 Å². The summed E-state index contributed by atoms with van der Waals surface area (Å²) in [7, 11) is 0. The van der Waals surface area contributed by atoms with Gasteiger partial charge in [0, 0.05) is 6.54 Å². The van der Waals surface area contributed by atoms with Crippen LogP contribution in [0.4, 0.5) is 0 Å². The van der Waals surface area contributed by atoms with Gasteiger partial charge in [0.1, 0.15) is 0 Å². The molecule has 1 rings (SSSR count). The van der Waals surface area contributed by atoms with Crippen molar-refractivity contribution in [2.75, 3.05) is 19.6 Å². The van der Waals surface area contributed by atoms with Gasteiger partial charge < -0.3 is 4.90 Å². The van der Waals surface area contributed by atoms with Crippen LogP contribution < -0.4 is 0 Å². The Balaban J connectivity index is 2.28. The van der Waals surface area contributed by atoms with Crippen LogP contribution in [-0.4, -0.2) is 24.5 Å². The van der Waals surface area contributed by atoms with E-state index in [-0.39, 0.29) is 0 Å². The summed E-state index contributed by atoms with van der Waals surface area (Å²) in [4.78, 5) is 2.55. The van der Waals surface area contributed by atoms with Crippen molar-refractivity contribution in [2.24, 2.45) is 11.8 Å². The van der Waals surface area contributed by atoms with E-state index >= 15 is 0 Å². The van der Waals surface area contributed by atoms with Crippen LogP contribution in [0, 0.1) is 11.8 Å². The third-order valence-electron chi connectivity index (χ3n) is 2.70. The predicted molar refractivity (Wildman–Crippen MR) is 45.1 cm³/mol. The van der Waals surface area contributed by atoms with Crippen molar-refractivity contribution in [3.63, 3.8) is 0 Å². The summed E-state index contributed by atoms with van der Waals surface area (Å²) in [5, 5.41) is 0. The maximum absolute atomic E-state index is 2.55. The van der Waals surface area contributed by atoms with Gasteiger partial charge in [0.05, 0.1) is 0 Å². The Morgan fingerprint density at radius 1 is 1.50 bits per heavy atom. The van der Waals surface area contributed by atoms with Gasteiger partial charge in [-0.15, -0.1) is 0 Å². The van der Waals surface area contributed by atoms with E-state index in [1.807, 2.05) is 0 Å². The first-order valence-electron chi connectivity index (χ1n) is 4.46. The minimum absolute atomic E-state index is 0.886. The molecule has 1 aliphatic rings. The topological polar surface area (TPSA) is 3.24 Å². The van der Waals surface area contributed by atoms with Gasteiger partial charge >= 0.3 is 0 Å². The van der Waals surface area contributed by atoms with Crippen LogP contribution in [0.2, 0.25) is 0 Å². The second kappa shape index (κ2) is 3.38. The molecule has 10 heavy (non-hydrogen) atoms. The van der Waals surface area contributed by atoms with Gasteiger partial charge in [0.25, 0.3) is 0 Å². The zero-order chi connectivity index (χ0) is 7.56. The average molecular weight is 141 g/mol. The second-order valence-corrected chi connectivity index (χ2v) is 3.69. The Labute approximate surface area is 64.4 Å². The lowest BCUT2D eigenvalue weighted by atomic mass is 9.95. The van der Waals surface area contributed by atoms with Crippen LogP contribution in [0.15, 0.2) is 0 Å². The first-order chi connectivity index (χ1) is 4.74. The molecule has 0 bridgehead atoms. The van der Waals surface area contributed by atoms with Gasteiger partial charge in [0.2, 0.25) is 0 Å². The molecule has 0 aromatic rings. The van der Waals surface area contributed by atoms with E-state index in [9.17, 15) is 0 Å². The van der Waals surface area contributed by atoms with Crippen molar-refractivity contribution in [1.82, 2.24) is 4.90 Å². The SMILES string of the molecule is CCN1CC[C@H](C(C)C)C1. The molecule has 1 saturated heterocycles. The number of likely N-dealkylation sites (tertiary alicyclic amines) is 1. The molecule has 1 heterocycles. The second-order valence-electron chi connectivity index (χ2n) is 3.69. The quantitative estimate of drug-likeness (QED) is 0.568. The zero-order valence-electron chi connectivity index (χ0n) is 7.43. The van der Waals surface area contributed by atoms with Crippen LogP contribution in [0.5, 0.6) is 0 Å². The predicted octanol–water partition coefficient (Wildman–Crippen LogP) is 1.98. The largest absolute Gasteiger partial charge is 0.303 e. The monoisotopic (exact) mass is 141 g/mol. The maximum Gasteiger partial charge on any atom is 0.00125 e. The summed E-state index contributed by atoms with van der Waals surface area (Å²) in [6.45, 7) is 10.8. The average Bonchev–Trinajstić information content (AvgIpc) is 2.34. The minimum atomic E-state index is 0.886. The molecular formula is C9H19N. The van der Waals surface area contributed by atoms with Crippen LogP contribution in [0.3, 0.4) is 0 Å².